The van der Waals surface area contributed by atoms with Gasteiger partial charge in [0, 0.05) is 6.54 Å². The normalized spacial score (nSPS) is 11.9. The fourth-order valence-electron chi connectivity index (χ4n) is 2.00. The minimum absolute atomic E-state index is 0.0836. The van der Waals surface area contributed by atoms with Crippen molar-refractivity contribution in [2.75, 3.05) is 6.54 Å². The number of hydrogen-bond donors (Lipinski definition) is 2. The van der Waals surface area contributed by atoms with Crippen LogP contribution in [0.2, 0.25) is 0 Å². The lowest BCUT2D eigenvalue weighted by molar-refractivity contribution is 0.483. The third kappa shape index (κ3) is 7.87. The van der Waals surface area contributed by atoms with E-state index in [9.17, 15) is 8.42 Å². The van der Waals surface area contributed by atoms with Crippen molar-refractivity contribution < 1.29 is 13.0 Å². The predicted molar refractivity (Wildman–Crippen MR) is 86.7 cm³/mol. The number of unbranched alkanes of at least 4 members (excludes halogenated alkanes) is 5. The molecular weight excluding hydrogens is 286 g/mol. The van der Waals surface area contributed by atoms with Crippen molar-refractivity contribution in [3.05, 3.63) is 36.0 Å². The van der Waals surface area contributed by atoms with Crippen LogP contribution in [-0.4, -0.2) is 19.5 Å². The molecule has 0 radical (unpaired) electrons. The average Bonchev–Trinajstić information content (AvgIpc) is 2.45. The van der Waals surface area contributed by atoms with Crippen molar-refractivity contribution in [2.45, 2.75) is 50.3 Å². The van der Waals surface area contributed by atoms with Gasteiger partial charge in [0.15, 0.2) is 0 Å². The first-order chi connectivity index (χ1) is 10.0. The summed E-state index contributed by atoms with van der Waals surface area (Å²) in [6.45, 7) is 3.17. The Morgan fingerprint density at radius 3 is 2.29 bits per heavy atom. The Bertz CT molecular complexity index is 521. The predicted octanol–water partition coefficient (Wildman–Crippen LogP) is 3.85. The van der Waals surface area contributed by atoms with Gasteiger partial charge >= 0.3 is 0 Å². The van der Waals surface area contributed by atoms with Crippen molar-refractivity contribution in [1.82, 2.24) is 5.32 Å². The van der Waals surface area contributed by atoms with Crippen LogP contribution in [0.5, 0.6) is 0 Å². The highest BCUT2D eigenvalue weighted by Gasteiger charge is 2.07. The van der Waals surface area contributed by atoms with E-state index in [1.807, 2.05) is 12.3 Å². The quantitative estimate of drug-likeness (QED) is 0.509. The van der Waals surface area contributed by atoms with Crippen molar-refractivity contribution >= 4 is 16.2 Å². The van der Waals surface area contributed by atoms with E-state index in [1.54, 1.807) is 12.1 Å². The summed E-state index contributed by atoms with van der Waals surface area (Å²) in [5.41, 5.74) is 0.887. The van der Waals surface area contributed by atoms with Gasteiger partial charge in [-0.05, 0) is 36.4 Å². The fraction of sp³-hybridized carbons (Fsp3) is 0.500. The van der Waals surface area contributed by atoms with Gasteiger partial charge in [0.2, 0.25) is 0 Å². The second-order valence-corrected chi connectivity index (χ2v) is 6.52. The number of hydrogen-bond acceptors (Lipinski definition) is 3. The molecule has 0 fully saturated rings. The van der Waals surface area contributed by atoms with Gasteiger partial charge in [-0.3, -0.25) is 4.55 Å². The van der Waals surface area contributed by atoms with Gasteiger partial charge in [-0.1, -0.05) is 51.2 Å². The standard InChI is InChI=1S/C16H25NO3S/c1-2-3-4-5-6-7-13-17-14-12-15-8-10-16(11-9-15)21(18,19)20/h8-12,14,17H,2-7,13H2,1H3,(H,18,19,20). The number of nitrogens with one attached hydrogen (secondary N) is 1. The van der Waals surface area contributed by atoms with Crippen molar-refractivity contribution in [3.8, 4) is 0 Å². The molecular formula is C16H25NO3S. The van der Waals surface area contributed by atoms with E-state index in [4.69, 9.17) is 4.55 Å². The minimum Gasteiger partial charge on any atom is -0.391 e. The summed E-state index contributed by atoms with van der Waals surface area (Å²) in [4.78, 5) is -0.0836. The summed E-state index contributed by atoms with van der Waals surface area (Å²) in [5, 5.41) is 3.22. The number of benzene rings is 1. The molecule has 0 aliphatic rings. The van der Waals surface area contributed by atoms with E-state index < -0.39 is 10.1 Å². The zero-order valence-electron chi connectivity index (χ0n) is 12.6. The van der Waals surface area contributed by atoms with Crippen LogP contribution in [0, 0.1) is 0 Å². The molecule has 21 heavy (non-hydrogen) atoms. The Morgan fingerprint density at radius 1 is 1.05 bits per heavy atom. The molecule has 0 amide bonds. The van der Waals surface area contributed by atoms with Crippen LogP contribution in [-0.2, 0) is 10.1 Å². The van der Waals surface area contributed by atoms with Crippen molar-refractivity contribution in [1.29, 1.82) is 0 Å². The van der Waals surface area contributed by atoms with Gasteiger partial charge in [0.1, 0.15) is 0 Å². The van der Waals surface area contributed by atoms with Gasteiger partial charge < -0.3 is 5.32 Å². The van der Waals surface area contributed by atoms with Crippen LogP contribution >= 0.6 is 0 Å². The second kappa shape index (κ2) is 9.58. The topological polar surface area (TPSA) is 66.4 Å². The van der Waals surface area contributed by atoms with E-state index in [0.717, 1.165) is 18.5 Å². The Kier molecular flexibility index (Phi) is 8.08. The van der Waals surface area contributed by atoms with Crippen LogP contribution in [0.4, 0.5) is 0 Å². The van der Waals surface area contributed by atoms with Crippen molar-refractivity contribution in [2.24, 2.45) is 0 Å². The van der Waals surface area contributed by atoms with Gasteiger partial charge in [-0.15, -0.1) is 0 Å². The average molecular weight is 311 g/mol. The van der Waals surface area contributed by atoms with Gasteiger partial charge in [0.05, 0.1) is 4.90 Å². The maximum Gasteiger partial charge on any atom is 0.294 e. The summed E-state index contributed by atoms with van der Waals surface area (Å²) < 4.78 is 30.7. The molecule has 0 saturated carbocycles. The summed E-state index contributed by atoms with van der Waals surface area (Å²) >= 11 is 0. The molecule has 0 unspecified atom stereocenters. The zero-order valence-corrected chi connectivity index (χ0v) is 13.4. The Labute approximate surface area is 128 Å². The Hall–Kier alpha value is -1.33. The van der Waals surface area contributed by atoms with Gasteiger partial charge in [-0.2, -0.15) is 8.42 Å². The van der Waals surface area contributed by atoms with E-state index in [-0.39, 0.29) is 4.90 Å². The molecule has 0 bridgehead atoms. The molecule has 0 saturated heterocycles. The first-order valence-corrected chi connectivity index (χ1v) is 8.95. The lowest BCUT2D eigenvalue weighted by Crippen LogP contribution is -2.06. The third-order valence-electron chi connectivity index (χ3n) is 3.25. The molecule has 2 N–H and O–H groups in total. The first-order valence-electron chi connectivity index (χ1n) is 7.51. The number of rotatable bonds is 10. The zero-order chi connectivity index (χ0) is 15.6. The highest BCUT2D eigenvalue weighted by molar-refractivity contribution is 7.85. The maximum absolute atomic E-state index is 10.9. The fourth-order valence-corrected chi connectivity index (χ4v) is 2.48. The molecule has 0 atom stereocenters. The summed E-state index contributed by atoms with van der Waals surface area (Å²) in [7, 11) is -4.10. The SMILES string of the molecule is CCCCCCCCNC=Cc1ccc(S(=O)(=O)O)cc1. The molecule has 0 aromatic heterocycles. The van der Waals surface area contributed by atoms with E-state index in [2.05, 4.69) is 12.2 Å². The van der Waals surface area contributed by atoms with Crippen LogP contribution in [0.1, 0.15) is 51.0 Å². The van der Waals surface area contributed by atoms with Gasteiger partial charge in [-0.25, -0.2) is 0 Å². The maximum atomic E-state index is 10.9. The molecule has 1 aromatic carbocycles. The third-order valence-corrected chi connectivity index (χ3v) is 4.11. The highest BCUT2D eigenvalue weighted by Crippen LogP contribution is 2.10. The smallest absolute Gasteiger partial charge is 0.294 e. The molecule has 118 valence electrons. The van der Waals surface area contributed by atoms with Crippen LogP contribution in [0.15, 0.2) is 35.4 Å². The Balaban J connectivity index is 2.22. The first kappa shape index (κ1) is 17.7. The largest absolute Gasteiger partial charge is 0.391 e. The van der Waals surface area contributed by atoms with Crippen LogP contribution in [0.25, 0.3) is 6.08 Å². The molecule has 1 rings (SSSR count). The summed E-state index contributed by atoms with van der Waals surface area (Å²) in [6, 6.07) is 6.10. The van der Waals surface area contributed by atoms with Crippen LogP contribution in [0.3, 0.4) is 0 Å². The summed E-state index contributed by atoms with van der Waals surface area (Å²) in [5.74, 6) is 0. The summed E-state index contributed by atoms with van der Waals surface area (Å²) in [6.07, 6.45) is 11.4. The molecule has 5 heteroatoms. The lowest BCUT2D eigenvalue weighted by atomic mass is 10.1. The molecule has 4 nitrogen and oxygen atoms in total. The van der Waals surface area contributed by atoms with Crippen LogP contribution < -0.4 is 5.32 Å². The molecule has 0 spiro atoms. The van der Waals surface area contributed by atoms with E-state index in [0.29, 0.717) is 0 Å². The highest BCUT2D eigenvalue weighted by atomic mass is 32.2. The van der Waals surface area contributed by atoms with E-state index in [1.165, 1.54) is 44.2 Å². The van der Waals surface area contributed by atoms with Gasteiger partial charge in [0.25, 0.3) is 10.1 Å². The molecule has 1 aromatic rings. The molecule has 0 aliphatic carbocycles. The Morgan fingerprint density at radius 2 is 1.67 bits per heavy atom. The van der Waals surface area contributed by atoms with Crippen molar-refractivity contribution in [3.63, 3.8) is 0 Å². The molecule has 0 heterocycles. The van der Waals surface area contributed by atoms with E-state index >= 15 is 0 Å². The second-order valence-electron chi connectivity index (χ2n) is 5.10. The minimum atomic E-state index is -4.10. The lowest BCUT2D eigenvalue weighted by Gasteiger charge is -2.01. The monoisotopic (exact) mass is 311 g/mol. The molecule has 0 aliphatic heterocycles.